The summed E-state index contributed by atoms with van der Waals surface area (Å²) in [6.45, 7) is 5.86. The molecule has 0 aliphatic heterocycles. The van der Waals surface area contributed by atoms with E-state index in [4.69, 9.17) is 0 Å². The van der Waals surface area contributed by atoms with Gasteiger partial charge >= 0.3 is 0 Å². The van der Waals surface area contributed by atoms with Gasteiger partial charge in [0.15, 0.2) is 0 Å². The molecule has 85 valence electrons. The molecule has 0 spiro atoms. The van der Waals surface area contributed by atoms with Crippen molar-refractivity contribution in [1.82, 2.24) is 0 Å². The van der Waals surface area contributed by atoms with E-state index in [1.165, 1.54) is 44.9 Å². The van der Waals surface area contributed by atoms with Gasteiger partial charge in [0.25, 0.3) is 0 Å². The Kier molecular flexibility index (Phi) is 12.5. The maximum absolute atomic E-state index is 3.60. The van der Waals surface area contributed by atoms with Crippen molar-refractivity contribution in [2.24, 2.45) is 0 Å². The Hall–Kier alpha value is -0.780. The van der Waals surface area contributed by atoms with Crippen LogP contribution < -0.4 is 0 Å². The van der Waals surface area contributed by atoms with E-state index in [-0.39, 0.29) is 0 Å². The highest BCUT2D eigenvalue weighted by atomic mass is 13.9. The molecule has 0 saturated carbocycles. The van der Waals surface area contributed by atoms with Crippen molar-refractivity contribution in [2.45, 2.75) is 58.3 Å². The van der Waals surface area contributed by atoms with Crippen LogP contribution in [0, 0.1) is 6.08 Å². The van der Waals surface area contributed by atoms with Gasteiger partial charge in [-0.2, -0.15) is 0 Å². The highest BCUT2D eigenvalue weighted by Gasteiger charge is 1.88. The van der Waals surface area contributed by atoms with Gasteiger partial charge < -0.3 is 0 Å². The Morgan fingerprint density at radius 2 is 1.67 bits per heavy atom. The lowest BCUT2D eigenvalue weighted by Gasteiger charge is -1.98. The third kappa shape index (κ3) is 13.2. The van der Waals surface area contributed by atoms with Gasteiger partial charge in [0, 0.05) is 0 Å². The van der Waals surface area contributed by atoms with Crippen molar-refractivity contribution in [3.8, 4) is 0 Å². The van der Waals surface area contributed by atoms with Crippen LogP contribution in [-0.4, -0.2) is 0 Å². The van der Waals surface area contributed by atoms with Gasteiger partial charge in [-0.05, 0) is 18.9 Å². The van der Waals surface area contributed by atoms with Crippen LogP contribution >= 0.6 is 0 Å². The van der Waals surface area contributed by atoms with Crippen molar-refractivity contribution >= 4 is 0 Å². The molecule has 0 amide bonds. The summed E-state index contributed by atoms with van der Waals surface area (Å²) in [4.78, 5) is 0. The van der Waals surface area contributed by atoms with Crippen molar-refractivity contribution in [2.75, 3.05) is 0 Å². The summed E-state index contributed by atoms with van der Waals surface area (Å²) in [6, 6.07) is 0. The van der Waals surface area contributed by atoms with E-state index >= 15 is 0 Å². The first-order valence-corrected chi connectivity index (χ1v) is 6.27. The van der Waals surface area contributed by atoms with E-state index in [9.17, 15) is 0 Å². The van der Waals surface area contributed by atoms with E-state index in [1.54, 1.807) is 6.08 Å². The molecule has 0 heterocycles. The minimum atomic E-state index is 1.16. The summed E-state index contributed by atoms with van der Waals surface area (Å²) in [7, 11) is 0. The third-order valence-electron chi connectivity index (χ3n) is 2.40. The maximum atomic E-state index is 3.60. The number of unbranched alkanes of at least 4 members (excludes halogenated alkanes) is 7. The zero-order valence-electron chi connectivity index (χ0n) is 10.2. The zero-order valence-corrected chi connectivity index (χ0v) is 10.2. The van der Waals surface area contributed by atoms with Crippen LogP contribution in [0.15, 0.2) is 30.9 Å². The second kappa shape index (κ2) is 13.2. The molecular formula is C15H25. The van der Waals surface area contributed by atoms with Crippen LogP contribution in [0.2, 0.25) is 0 Å². The number of hydrogen-bond acceptors (Lipinski definition) is 0. The molecule has 15 heavy (non-hydrogen) atoms. The van der Waals surface area contributed by atoms with Crippen LogP contribution in [0.1, 0.15) is 58.3 Å². The molecule has 0 saturated heterocycles. The largest absolute Gasteiger partial charge is 0.0991 e. The van der Waals surface area contributed by atoms with Crippen molar-refractivity contribution in [3.05, 3.63) is 37.0 Å². The average molecular weight is 205 g/mol. The molecule has 1 radical (unpaired) electrons. The summed E-state index contributed by atoms with van der Waals surface area (Å²) >= 11 is 0. The maximum Gasteiger partial charge on any atom is -0.0227 e. The molecular weight excluding hydrogens is 180 g/mol. The van der Waals surface area contributed by atoms with Gasteiger partial charge in [0.2, 0.25) is 0 Å². The van der Waals surface area contributed by atoms with Crippen LogP contribution in [0.25, 0.3) is 0 Å². The Balaban J connectivity index is 3.07. The summed E-state index contributed by atoms with van der Waals surface area (Å²) in [6.07, 6.45) is 21.6. The van der Waals surface area contributed by atoms with Gasteiger partial charge in [0.1, 0.15) is 0 Å². The molecule has 0 atom stereocenters. The van der Waals surface area contributed by atoms with Gasteiger partial charge in [-0.1, -0.05) is 76.3 Å². The van der Waals surface area contributed by atoms with E-state index < -0.39 is 0 Å². The monoisotopic (exact) mass is 205 g/mol. The van der Waals surface area contributed by atoms with Crippen molar-refractivity contribution in [1.29, 1.82) is 0 Å². The first-order valence-electron chi connectivity index (χ1n) is 6.27. The second-order valence-electron chi connectivity index (χ2n) is 3.88. The summed E-state index contributed by atoms with van der Waals surface area (Å²) in [5, 5.41) is 0. The molecule has 0 bridgehead atoms. The third-order valence-corrected chi connectivity index (χ3v) is 2.40. The van der Waals surface area contributed by atoms with E-state index in [0.717, 1.165) is 6.42 Å². The Morgan fingerprint density at radius 1 is 1.00 bits per heavy atom. The van der Waals surface area contributed by atoms with Crippen LogP contribution in [0.5, 0.6) is 0 Å². The Labute approximate surface area is 95.8 Å². The van der Waals surface area contributed by atoms with Gasteiger partial charge in [-0.3, -0.25) is 0 Å². The van der Waals surface area contributed by atoms with Gasteiger partial charge in [0.05, 0.1) is 0 Å². The highest BCUT2D eigenvalue weighted by Crippen LogP contribution is 2.08. The first-order chi connectivity index (χ1) is 7.41. The topological polar surface area (TPSA) is 0 Å². The molecule has 0 rings (SSSR count). The van der Waals surface area contributed by atoms with Gasteiger partial charge in [-0.15, -0.1) is 0 Å². The van der Waals surface area contributed by atoms with Crippen LogP contribution in [0.3, 0.4) is 0 Å². The minimum Gasteiger partial charge on any atom is -0.0991 e. The van der Waals surface area contributed by atoms with E-state index in [1.807, 2.05) is 12.2 Å². The second-order valence-corrected chi connectivity index (χ2v) is 3.88. The molecule has 0 aromatic carbocycles. The Bertz CT molecular complexity index is 174. The predicted octanol–water partition coefficient (Wildman–Crippen LogP) is 5.23. The number of rotatable bonds is 10. The number of hydrogen-bond donors (Lipinski definition) is 0. The van der Waals surface area contributed by atoms with Crippen molar-refractivity contribution < 1.29 is 0 Å². The molecule has 0 nitrogen and oxygen atoms in total. The lowest BCUT2D eigenvalue weighted by Crippen LogP contribution is -1.78. The quantitative estimate of drug-likeness (QED) is 0.338. The fourth-order valence-corrected chi connectivity index (χ4v) is 1.48. The molecule has 0 heteroatoms. The predicted molar refractivity (Wildman–Crippen MR) is 69.8 cm³/mol. The SMILES string of the molecule is C=CC=C/[C]=C/CCCCCCCCC. The average Bonchev–Trinajstić information content (AvgIpc) is 2.26. The normalized spacial score (nSPS) is 11.5. The smallest absolute Gasteiger partial charge is 0.0227 e. The number of allylic oxidation sites excluding steroid dienone is 5. The summed E-state index contributed by atoms with van der Waals surface area (Å²) in [5.74, 6) is 0. The molecule has 0 aliphatic carbocycles. The molecule has 0 aromatic rings. The van der Waals surface area contributed by atoms with Crippen molar-refractivity contribution in [3.63, 3.8) is 0 Å². The molecule has 0 unspecified atom stereocenters. The first kappa shape index (κ1) is 14.2. The standard InChI is InChI=1S/C15H25/c1-3-5-7-9-11-13-15-14-12-10-8-6-4-2/h3,5,7,11H,1,4,6,8,10,12-15H2,2H3. The lowest BCUT2D eigenvalue weighted by atomic mass is 10.1. The molecule has 0 aromatic heterocycles. The van der Waals surface area contributed by atoms with Crippen LogP contribution in [-0.2, 0) is 0 Å². The molecule has 0 N–H and O–H groups in total. The fraction of sp³-hybridized carbons (Fsp3) is 0.600. The van der Waals surface area contributed by atoms with Gasteiger partial charge in [-0.25, -0.2) is 0 Å². The van der Waals surface area contributed by atoms with E-state index in [2.05, 4.69) is 25.7 Å². The summed E-state index contributed by atoms with van der Waals surface area (Å²) < 4.78 is 0. The lowest BCUT2D eigenvalue weighted by molar-refractivity contribution is 0.592. The fourth-order valence-electron chi connectivity index (χ4n) is 1.48. The summed E-state index contributed by atoms with van der Waals surface area (Å²) in [5.41, 5.74) is 0. The van der Waals surface area contributed by atoms with Crippen LogP contribution in [0.4, 0.5) is 0 Å². The zero-order chi connectivity index (χ0) is 11.2. The minimum absolute atomic E-state index is 1.16. The molecule has 0 fully saturated rings. The Morgan fingerprint density at radius 3 is 2.33 bits per heavy atom. The molecule has 0 aliphatic rings. The highest BCUT2D eigenvalue weighted by molar-refractivity contribution is 5.03. The van der Waals surface area contributed by atoms with E-state index in [0.29, 0.717) is 0 Å².